The summed E-state index contributed by atoms with van der Waals surface area (Å²) in [5, 5.41) is 4.17. The second-order valence-corrected chi connectivity index (χ2v) is 9.52. The maximum Gasteiger partial charge on any atom is 0.281 e. The number of allylic oxidation sites excluding steroid dienone is 2. The van der Waals surface area contributed by atoms with Gasteiger partial charge in [0.05, 0.1) is 4.88 Å². The average molecular weight is 394 g/mol. The Bertz CT molecular complexity index is 970. The minimum absolute atomic E-state index is 0.0924. The molecule has 1 aliphatic heterocycles. The molecule has 2 aromatic rings. The van der Waals surface area contributed by atoms with Crippen molar-refractivity contribution in [2.24, 2.45) is 11.0 Å². The van der Waals surface area contributed by atoms with Crippen molar-refractivity contribution in [3.63, 3.8) is 0 Å². The predicted octanol–water partition coefficient (Wildman–Crippen LogP) is 4.90. The van der Waals surface area contributed by atoms with E-state index in [2.05, 4.69) is 67.5 Å². The SMILES string of the molecule is C[C@H]1CCc2sc(C(=O)N/N=C\C=C3/N(C)c4ccccc4C3(C)C)cc2C1. The lowest BCUT2D eigenvalue weighted by atomic mass is 9.84. The summed E-state index contributed by atoms with van der Waals surface area (Å²) in [4.78, 5) is 16.8. The molecule has 0 fully saturated rings. The van der Waals surface area contributed by atoms with E-state index in [0.29, 0.717) is 5.92 Å². The number of carbonyl (C=O) groups excluding carboxylic acids is 1. The van der Waals surface area contributed by atoms with E-state index in [1.165, 1.54) is 28.1 Å². The molecule has 4 rings (SSSR count). The molecule has 0 radical (unpaired) electrons. The molecule has 0 spiro atoms. The van der Waals surface area contributed by atoms with Crippen molar-refractivity contribution in [2.45, 2.75) is 45.4 Å². The van der Waals surface area contributed by atoms with E-state index in [-0.39, 0.29) is 11.3 Å². The van der Waals surface area contributed by atoms with Crippen molar-refractivity contribution in [1.82, 2.24) is 5.43 Å². The first-order valence-electron chi connectivity index (χ1n) is 9.87. The van der Waals surface area contributed by atoms with Crippen LogP contribution in [0.3, 0.4) is 0 Å². The number of thiophene rings is 1. The lowest BCUT2D eigenvalue weighted by molar-refractivity contribution is 0.0959. The number of nitrogens with one attached hydrogen (secondary N) is 1. The maximum absolute atomic E-state index is 12.5. The summed E-state index contributed by atoms with van der Waals surface area (Å²) in [5.41, 5.74) is 7.61. The summed E-state index contributed by atoms with van der Waals surface area (Å²) in [6.07, 6.45) is 7.06. The molecule has 2 aliphatic rings. The van der Waals surface area contributed by atoms with E-state index in [4.69, 9.17) is 0 Å². The summed E-state index contributed by atoms with van der Waals surface area (Å²) in [6, 6.07) is 10.5. The van der Waals surface area contributed by atoms with E-state index in [0.717, 1.165) is 23.4 Å². The van der Waals surface area contributed by atoms with Crippen LogP contribution in [0, 0.1) is 5.92 Å². The van der Waals surface area contributed by atoms with Crippen LogP contribution in [0.5, 0.6) is 0 Å². The van der Waals surface area contributed by atoms with Crippen molar-refractivity contribution in [2.75, 3.05) is 11.9 Å². The molecule has 2 heterocycles. The van der Waals surface area contributed by atoms with Crippen LogP contribution in [0.2, 0.25) is 0 Å². The Balaban J connectivity index is 1.45. The molecule has 1 atom stereocenters. The van der Waals surface area contributed by atoms with Crippen LogP contribution in [0.1, 0.15) is 52.9 Å². The van der Waals surface area contributed by atoms with Crippen LogP contribution in [-0.2, 0) is 18.3 Å². The Morgan fingerprint density at radius 2 is 2.14 bits per heavy atom. The maximum atomic E-state index is 12.5. The van der Waals surface area contributed by atoms with Crippen molar-refractivity contribution >= 4 is 29.1 Å². The van der Waals surface area contributed by atoms with Gasteiger partial charge in [0.15, 0.2) is 0 Å². The van der Waals surface area contributed by atoms with Crippen LogP contribution in [0.15, 0.2) is 47.2 Å². The van der Waals surface area contributed by atoms with E-state index in [9.17, 15) is 4.79 Å². The third-order valence-corrected chi connectivity index (χ3v) is 7.20. The van der Waals surface area contributed by atoms with Crippen LogP contribution < -0.4 is 10.3 Å². The minimum Gasteiger partial charge on any atom is -0.347 e. The molecular formula is C23H27N3OS. The van der Waals surface area contributed by atoms with E-state index < -0.39 is 0 Å². The highest BCUT2D eigenvalue weighted by molar-refractivity contribution is 7.14. The van der Waals surface area contributed by atoms with Gasteiger partial charge < -0.3 is 4.90 Å². The third-order valence-electron chi connectivity index (χ3n) is 5.97. The van der Waals surface area contributed by atoms with Crippen LogP contribution in [0.25, 0.3) is 0 Å². The Morgan fingerprint density at radius 1 is 1.36 bits per heavy atom. The monoisotopic (exact) mass is 393 g/mol. The molecule has 1 aromatic heterocycles. The summed E-state index contributed by atoms with van der Waals surface area (Å²) in [5.74, 6) is 0.586. The van der Waals surface area contributed by atoms with E-state index in [1.807, 2.05) is 12.1 Å². The molecule has 0 unspecified atom stereocenters. The number of aryl methyl sites for hydroxylation is 1. The summed E-state index contributed by atoms with van der Waals surface area (Å²) < 4.78 is 0. The number of anilines is 1. The molecule has 0 saturated heterocycles. The van der Waals surface area contributed by atoms with Gasteiger partial charge in [-0.15, -0.1) is 11.3 Å². The number of nitrogens with zero attached hydrogens (tertiary/aromatic N) is 2. The van der Waals surface area contributed by atoms with Crippen LogP contribution >= 0.6 is 11.3 Å². The largest absolute Gasteiger partial charge is 0.347 e. The normalized spacial score (nSPS) is 21.8. The van der Waals surface area contributed by atoms with Gasteiger partial charge in [0.25, 0.3) is 5.91 Å². The highest BCUT2D eigenvalue weighted by atomic mass is 32.1. The van der Waals surface area contributed by atoms with Crippen molar-refractivity contribution < 1.29 is 4.79 Å². The molecule has 4 nitrogen and oxygen atoms in total. The standard InChI is InChI=1S/C23H27N3OS/c1-15-9-10-19-16(13-15)14-20(28-19)22(27)25-24-12-11-21-23(2,3)17-7-5-6-8-18(17)26(21)4/h5-8,11-12,14-15H,9-10,13H2,1-4H3,(H,25,27)/b21-11-,24-12-/t15-/m0/s1. The van der Waals surface area contributed by atoms with Gasteiger partial charge in [0.1, 0.15) is 0 Å². The Hall–Kier alpha value is -2.40. The number of amides is 1. The molecule has 1 N–H and O–H groups in total. The molecule has 1 amide bonds. The number of carbonyl (C=O) groups is 1. The number of hydrazone groups is 1. The number of hydrogen-bond acceptors (Lipinski definition) is 4. The number of fused-ring (bicyclic) bond motifs is 2. The second-order valence-electron chi connectivity index (χ2n) is 8.38. The number of benzene rings is 1. The zero-order valence-electron chi connectivity index (χ0n) is 17.0. The molecule has 1 aromatic carbocycles. The van der Waals surface area contributed by atoms with Crippen LogP contribution in [-0.4, -0.2) is 19.2 Å². The lowest BCUT2D eigenvalue weighted by Crippen LogP contribution is -2.23. The first-order valence-corrected chi connectivity index (χ1v) is 10.7. The fraction of sp³-hybridized carbons (Fsp3) is 0.391. The molecule has 0 saturated carbocycles. The Labute approximate surface area is 171 Å². The predicted molar refractivity (Wildman–Crippen MR) is 117 cm³/mol. The summed E-state index contributed by atoms with van der Waals surface area (Å²) >= 11 is 1.61. The van der Waals surface area contributed by atoms with Gasteiger partial charge in [-0.3, -0.25) is 4.79 Å². The highest BCUT2D eigenvalue weighted by Gasteiger charge is 2.37. The molecule has 5 heteroatoms. The fourth-order valence-corrected chi connectivity index (χ4v) is 5.48. The minimum atomic E-state index is -0.121. The highest BCUT2D eigenvalue weighted by Crippen LogP contribution is 2.46. The van der Waals surface area contributed by atoms with Crippen LogP contribution in [0.4, 0.5) is 5.69 Å². The van der Waals surface area contributed by atoms with Gasteiger partial charge >= 0.3 is 0 Å². The van der Waals surface area contributed by atoms with Gasteiger partial charge in [0.2, 0.25) is 0 Å². The topological polar surface area (TPSA) is 44.7 Å². The fourth-order valence-electron chi connectivity index (χ4n) is 4.38. The smallest absolute Gasteiger partial charge is 0.281 e. The van der Waals surface area contributed by atoms with Crippen molar-refractivity contribution in [3.05, 3.63) is 63.0 Å². The second kappa shape index (κ2) is 7.21. The summed E-state index contributed by atoms with van der Waals surface area (Å²) in [6.45, 7) is 6.70. The molecule has 0 bridgehead atoms. The number of rotatable bonds is 3. The molecule has 28 heavy (non-hydrogen) atoms. The molecular weight excluding hydrogens is 366 g/mol. The molecule has 146 valence electrons. The zero-order chi connectivity index (χ0) is 19.9. The number of likely N-dealkylation sites (N-methyl/N-ethyl adjacent to an activating group) is 1. The number of hydrogen-bond donors (Lipinski definition) is 1. The first-order chi connectivity index (χ1) is 13.4. The number of para-hydroxylation sites is 1. The van der Waals surface area contributed by atoms with Gasteiger partial charge in [-0.2, -0.15) is 5.10 Å². The van der Waals surface area contributed by atoms with E-state index >= 15 is 0 Å². The average Bonchev–Trinajstić information content (AvgIpc) is 3.17. The molecule has 1 aliphatic carbocycles. The van der Waals surface area contributed by atoms with Gasteiger partial charge in [-0.25, -0.2) is 5.43 Å². The Kier molecular flexibility index (Phi) is 4.88. The van der Waals surface area contributed by atoms with E-state index in [1.54, 1.807) is 17.6 Å². The van der Waals surface area contributed by atoms with Crippen molar-refractivity contribution in [1.29, 1.82) is 0 Å². The zero-order valence-corrected chi connectivity index (χ0v) is 17.8. The first kappa shape index (κ1) is 18.9. The quantitative estimate of drug-likeness (QED) is 0.595. The van der Waals surface area contributed by atoms with Gasteiger partial charge in [0, 0.05) is 34.9 Å². The Morgan fingerprint density at radius 3 is 2.93 bits per heavy atom. The van der Waals surface area contributed by atoms with Gasteiger partial charge in [-0.05, 0) is 54.5 Å². The summed E-state index contributed by atoms with van der Waals surface area (Å²) in [7, 11) is 2.07. The van der Waals surface area contributed by atoms with Gasteiger partial charge in [-0.1, -0.05) is 39.0 Å². The van der Waals surface area contributed by atoms with Crippen molar-refractivity contribution in [3.8, 4) is 0 Å². The third kappa shape index (κ3) is 3.28. The lowest BCUT2D eigenvalue weighted by Gasteiger charge is -2.23.